The number of rotatable bonds is 7. The van der Waals surface area contributed by atoms with Crippen LogP contribution in [0.3, 0.4) is 0 Å². The van der Waals surface area contributed by atoms with E-state index in [1.807, 2.05) is 32.0 Å². The number of aryl methyl sites for hydroxylation is 1. The fourth-order valence-corrected chi connectivity index (χ4v) is 5.68. The average Bonchev–Trinajstić information content (AvgIpc) is 3.49. The highest BCUT2D eigenvalue weighted by Gasteiger charge is 2.21. The quantitative estimate of drug-likeness (QED) is 0.381. The van der Waals surface area contributed by atoms with E-state index in [1.165, 1.54) is 27.7 Å². The number of thiazole rings is 1. The van der Waals surface area contributed by atoms with Gasteiger partial charge in [0.15, 0.2) is 21.5 Å². The Morgan fingerprint density at radius 1 is 1.14 bits per heavy atom. The van der Waals surface area contributed by atoms with Gasteiger partial charge in [0.2, 0.25) is 12.7 Å². The molecule has 0 saturated heterocycles. The SMILES string of the molecule is CCSc1nc2c(s1)c(=O)n(-c1ccc(C)cc1)c(=O)n2CC(=O)NCc1ccc2c(c1)OCO2. The first-order valence-electron chi connectivity index (χ1n) is 11.0. The zero-order valence-corrected chi connectivity index (χ0v) is 20.7. The Labute approximate surface area is 208 Å². The van der Waals surface area contributed by atoms with Crippen LogP contribution in [0, 0.1) is 6.92 Å². The zero-order chi connectivity index (χ0) is 24.5. The highest BCUT2D eigenvalue weighted by atomic mass is 32.2. The van der Waals surface area contributed by atoms with Gasteiger partial charge in [-0.05, 0) is 42.5 Å². The smallest absolute Gasteiger partial charge is 0.337 e. The Balaban J connectivity index is 1.49. The van der Waals surface area contributed by atoms with Gasteiger partial charge in [-0.25, -0.2) is 14.3 Å². The summed E-state index contributed by atoms with van der Waals surface area (Å²) in [5.41, 5.74) is 1.46. The Kier molecular flexibility index (Phi) is 6.35. The van der Waals surface area contributed by atoms with Gasteiger partial charge in [0.1, 0.15) is 11.2 Å². The zero-order valence-electron chi connectivity index (χ0n) is 19.1. The summed E-state index contributed by atoms with van der Waals surface area (Å²) in [4.78, 5) is 44.1. The van der Waals surface area contributed by atoms with Crippen molar-refractivity contribution < 1.29 is 14.3 Å². The molecule has 1 aliphatic heterocycles. The molecule has 180 valence electrons. The average molecular weight is 511 g/mol. The number of benzene rings is 2. The molecule has 0 saturated carbocycles. The third-order valence-electron chi connectivity index (χ3n) is 5.45. The standard InChI is InChI=1S/C24H22N4O5S2/c1-3-34-23-26-21-20(35-23)22(30)28(16-7-4-14(2)5-8-16)24(31)27(21)12-19(29)25-11-15-6-9-17-18(10-15)33-13-32-17/h4-10H,3,11-13H2,1-2H3,(H,25,29). The Morgan fingerprint density at radius 3 is 2.69 bits per heavy atom. The van der Waals surface area contributed by atoms with Gasteiger partial charge in [-0.2, -0.15) is 0 Å². The van der Waals surface area contributed by atoms with Crippen LogP contribution in [0.4, 0.5) is 0 Å². The van der Waals surface area contributed by atoms with Crippen LogP contribution in [0.5, 0.6) is 11.5 Å². The number of hydrogen-bond acceptors (Lipinski definition) is 8. The van der Waals surface area contributed by atoms with Crippen molar-refractivity contribution in [3.05, 3.63) is 74.4 Å². The molecule has 0 atom stereocenters. The number of hydrogen-bond donors (Lipinski definition) is 1. The fraction of sp³-hybridized carbons (Fsp3) is 0.250. The van der Waals surface area contributed by atoms with Crippen LogP contribution in [0.15, 0.2) is 56.4 Å². The number of fused-ring (bicyclic) bond motifs is 2. The minimum absolute atomic E-state index is 0.173. The molecule has 1 N–H and O–H groups in total. The predicted octanol–water partition coefficient (Wildman–Crippen LogP) is 3.07. The highest BCUT2D eigenvalue weighted by molar-refractivity contribution is 8.01. The van der Waals surface area contributed by atoms with Crippen molar-refractivity contribution in [2.75, 3.05) is 12.5 Å². The number of nitrogens with zero attached hydrogens (tertiary/aromatic N) is 3. The normalized spacial score (nSPS) is 12.3. The Hall–Kier alpha value is -3.57. The van der Waals surface area contributed by atoms with Crippen LogP contribution in [-0.2, 0) is 17.9 Å². The van der Waals surface area contributed by atoms with Gasteiger partial charge in [-0.3, -0.25) is 14.2 Å². The van der Waals surface area contributed by atoms with Crippen LogP contribution >= 0.6 is 23.1 Å². The molecule has 5 rings (SSSR count). The van der Waals surface area contributed by atoms with E-state index in [1.54, 1.807) is 24.3 Å². The van der Waals surface area contributed by atoms with E-state index >= 15 is 0 Å². The third kappa shape index (κ3) is 4.56. The molecule has 0 radical (unpaired) electrons. The molecule has 0 aliphatic carbocycles. The molecule has 0 fully saturated rings. The lowest BCUT2D eigenvalue weighted by Gasteiger charge is -2.12. The van der Waals surface area contributed by atoms with Crippen molar-refractivity contribution in [1.82, 2.24) is 19.4 Å². The van der Waals surface area contributed by atoms with Crippen molar-refractivity contribution in [2.24, 2.45) is 0 Å². The van der Waals surface area contributed by atoms with E-state index in [-0.39, 0.29) is 31.4 Å². The second-order valence-electron chi connectivity index (χ2n) is 7.87. The number of nitrogens with one attached hydrogen (secondary N) is 1. The number of carbonyl (C=O) groups excluding carboxylic acids is 1. The van der Waals surface area contributed by atoms with Gasteiger partial charge in [-0.15, -0.1) is 11.3 Å². The van der Waals surface area contributed by atoms with Crippen LogP contribution in [0.1, 0.15) is 18.1 Å². The number of amides is 1. The topological polar surface area (TPSA) is 104 Å². The van der Waals surface area contributed by atoms with Gasteiger partial charge in [0, 0.05) is 6.54 Å². The molecule has 0 unspecified atom stereocenters. The van der Waals surface area contributed by atoms with Crippen molar-refractivity contribution in [1.29, 1.82) is 0 Å². The van der Waals surface area contributed by atoms with Crippen LogP contribution < -0.4 is 26.0 Å². The number of carbonyl (C=O) groups is 1. The molecule has 9 nitrogen and oxygen atoms in total. The predicted molar refractivity (Wildman–Crippen MR) is 135 cm³/mol. The lowest BCUT2D eigenvalue weighted by molar-refractivity contribution is -0.121. The van der Waals surface area contributed by atoms with Crippen molar-refractivity contribution in [3.8, 4) is 17.2 Å². The molecule has 35 heavy (non-hydrogen) atoms. The number of thioether (sulfide) groups is 1. The number of ether oxygens (including phenoxy) is 2. The summed E-state index contributed by atoms with van der Waals surface area (Å²) in [5, 5.41) is 2.83. The summed E-state index contributed by atoms with van der Waals surface area (Å²) in [6.07, 6.45) is 0. The molecular weight excluding hydrogens is 488 g/mol. The molecule has 1 aliphatic rings. The highest BCUT2D eigenvalue weighted by Crippen LogP contribution is 2.32. The van der Waals surface area contributed by atoms with E-state index in [0.29, 0.717) is 26.2 Å². The number of aromatic nitrogens is 3. The summed E-state index contributed by atoms with van der Waals surface area (Å²) in [7, 11) is 0. The first kappa shape index (κ1) is 23.2. The van der Waals surface area contributed by atoms with E-state index in [4.69, 9.17) is 9.47 Å². The van der Waals surface area contributed by atoms with Crippen molar-refractivity contribution >= 4 is 39.4 Å². The Morgan fingerprint density at radius 2 is 1.91 bits per heavy atom. The van der Waals surface area contributed by atoms with E-state index in [0.717, 1.165) is 21.4 Å². The first-order valence-corrected chi connectivity index (χ1v) is 12.8. The summed E-state index contributed by atoms with van der Waals surface area (Å²) in [6.45, 7) is 4.06. The minimum Gasteiger partial charge on any atom is -0.454 e. The van der Waals surface area contributed by atoms with Gasteiger partial charge >= 0.3 is 5.69 Å². The summed E-state index contributed by atoms with van der Waals surface area (Å²) >= 11 is 2.72. The molecular formula is C24H22N4O5S2. The van der Waals surface area contributed by atoms with Crippen LogP contribution in [-0.4, -0.2) is 32.6 Å². The fourth-order valence-electron chi connectivity index (χ4n) is 3.72. The second kappa shape index (κ2) is 9.59. The molecule has 1 amide bonds. The maximum atomic E-state index is 13.5. The largest absolute Gasteiger partial charge is 0.454 e. The molecule has 4 aromatic rings. The lowest BCUT2D eigenvalue weighted by Crippen LogP contribution is -2.41. The first-order chi connectivity index (χ1) is 16.9. The van der Waals surface area contributed by atoms with E-state index in [2.05, 4.69) is 10.3 Å². The maximum absolute atomic E-state index is 13.5. The molecule has 2 aromatic heterocycles. The molecule has 0 bridgehead atoms. The molecule has 3 heterocycles. The Bertz CT molecular complexity index is 1540. The van der Waals surface area contributed by atoms with Gasteiger partial charge in [0.25, 0.3) is 5.56 Å². The minimum atomic E-state index is -0.608. The van der Waals surface area contributed by atoms with Crippen LogP contribution in [0.2, 0.25) is 0 Å². The second-order valence-corrected chi connectivity index (χ2v) is 10.4. The van der Waals surface area contributed by atoms with E-state index in [9.17, 15) is 14.4 Å². The molecule has 2 aromatic carbocycles. The van der Waals surface area contributed by atoms with Crippen LogP contribution in [0.25, 0.3) is 16.0 Å². The maximum Gasteiger partial charge on any atom is 0.337 e. The monoisotopic (exact) mass is 510 g/mol. The summed E-state index contributed by atoms with van der Waals surface area (Å²) in [6, 6.07) is 12.5. The molecule has 11 heteroatoms. The van der Waals surface area contributed by atoms with Crippen molar-refractivity contribution in [3.63, 3.8) is 0 Å². The lowest BCUT2D eigenvalue weighted by atomic mass is 10.2. The van der Waals surface area contributed by atoms with Gasteiger partial charge in [0.05, 0.1) is 5.69 Å². The third-order valence-corrected chi connectivity index (χ3v) is 7.51. The van der Waals surface area contributed by atoms with Gasteiger partial charge < -0.3 is 14.8 Å². The van der Waals surface area contributed by atoms with Gasteiger partial charge in [-0.1, -0.05) is 42.4 Å². The summed E-state index contributed by atoms with van der Waals surface area (Å²) in [5.74, 6) is 1.68. The summed E-state index contributed by atoms with van der Waals surface area (Å²) < 4.78 is 14.1. The molecule has 0 spiro atoms. The van der Waals surface area contributed by atoms with Crippen molar-refractivity contribution in [2.45, 2.75) is 31.3 Å². The van der Waals surface area contributed by atoms with E-state index < -0.39 is 11.2 Å².